The highest BCUT2D eigenvalue weighted by molar-refractivity contribution is 5.78. The van der Waals surface area contributed by atoms with Gasteiger partial charge in [-0.05, 0) is 30.5 Å². The van der Waals surface area contributed by atoms with Gasteiger partial charge in [0.1, 0.15) is 5.82 Å². The molecule has 0 unspecified atom stereocenters. The predicted octanol–water partition coefficient (Wildman–Crippen LogP) is 1.13. The van der Waals surface area contributed by atoms with E-state index >= 15 is 0 Å². The standard InChI is InChI=1S/C23H35FN4O3/c1-31-15-10-25-21(29)16-27-11-13-28(14-12-27)17-22(30)26-18-23(8-2-3-9-23)19-4-6-20(24)7-5-19/h4-7H,2-3,8-18H2,1H3,(H,25,29)(H,26,30). The zero-order chi connectivity index (χ0) is 22.1. The molecule has 31 heavy (non-hydrogen) atoms. The van der Waals surface area contributed by atoms with Crippen LogP contribution in [0, 0.1) is 5.82 Å². The van der Waals surface area contributed by atoms with E-state index in [1.807, 2.05) is 12.1 Å². The molecule has 1 saturated heterocycles. The molecule has 1 aliphatic carbocycles. The van der Waals surface area contributed by atoms with E-state index in [4.69, 9.17) is 4.74 Å². The third kappa shape index (κ3) is 6.98. The molecular formula is C23H35FN4O3. The molecule has 1 aromatic carbocycles. The number of halogens is 1. The number of nitrogens with zero attached hydrogens (tertiary/aromatic N) is 2. The Morgan fingerprint density at radius 2 is 1.52 bits per heavy atom. The van der Waals surface area contributed by atoms with Crippen LogP contribution in [0.4, 0.5) is 4.39 Å². The van der Waals surface area contributed by atoms with Gasteiger partial charge in [-0.15, -0.1) is 0 Å². The van der Waals surface area contributed by atoms with Gasteiger partial charge in [-0.3, -0.25) is 19.4 Å². The van der Waals surface area contributed by atoms with E-state index in [9.17, 15) is 14.0 Å². The van der Waals surface area contributed by atoms with Crippen molar-refractivity contribution < 1.29 is 18.7 Å². The van der Waals surface area contributed by atoms with Crippen molar-refractivity contribution in [2.75, 3.05) is 66.1 Å². The van der Waals surface area contributed by atoms with Crippen molar-refractivity contribution in [2.45, 2.75) is 31.1 Å². The Bertz CT molecular complexity index is 714. The number of methoxy groups -OCH3 is 1. The second-order valence-corrected chi connectivity index (χ2v) is 8.67. The molecule has 0 aromatic heterocycles. The van der Waals surface area contributed by atoms with Crippen molar-refractivity contribution in [3.05, 3.63) is 35.6 Å². The fourth-order valence-corrected chi connectivity index (χ4v) is 4.61. The maximum absolute atomic E-state index is 13.3. The number of ether oxygens (including phenoxy) is 1. The lowest BCUT2D eigenvalue weighted by molar-refractivity contribution is -0.125. The highest BCUT2D eigenvalue weighted by Gasteiger charge is 2.36. The topological polar surface area (TPSA) is 73.9 Å². The molecule has 2 aliphatic rings. The summed E-state index contributed by atoms with van der Waals surface area (Å²) >= 11 is 0. The Labute approximate surface area is 184 Å². The molecule has 8 heteroatoms. The maximum atomic E-state index is 13.3. The van der Waals surface area contributed by atoms with Gasteiger partial charge in [0.2, 0.25) is 11.8 Å². The summed E-state index contributed by atoms with van der Waals surface area (Å²) in [5.41, 5.74) is 1.03. The van der Waals surface area contributed by atoms with Crippen LogP contribution in [0.3, 0.4) is 0 Å². The first-order chi connectivity index (χ1) is 15.0. The summed E-state index contributed by atoms with van der Waals surface area (Å²) in [7, 11) is 1.61. The minimum absolute atomic E-state index is 0.00546. The molecule has 1 heterocycles. The number of nitrogens with one attached hydrogen (secondary N) is 2. The summed E-state index contributed by atoms with van der Waals surface area (Å²) in [6.07, 6.45) is 4.30. The van der Waals surface area contributed by atoms with Crippen LogP contribution in [0.2, 0.25) is 0 Å². The van der Waals surface area contributed by atoms with Crippen molar-refractivity contribution in [3.8, 4) is 0 Å². The smallest absolute Gasteiger partial charge is 0.234 e. The summed E-state index contributed by atoms with van der Waals surface area (Å²) in [5, 5.41) is 5.97. The number of rotatable bonds is 10. The van der Waals surface area contributed by atoms with E-state index in [2.05, 4.69) is 20.4 Å². The highest BCUT2D eigenvalue weighted by atomic mass is 19.1. The van der Waals surface area contributed by atoms with E-state index in [1.54, 1.807) is 7.11 Å². The largest absolute Gasteiger partial charge is 0.383 e. The van der Waals surface area contributed by atoms with Crippen LogP contribution in [0.15, 0.2) is 24.3 Å². The number of piperazine rings is 1. The van der Waals surface area contributed by atoms with Crippen LogP contribution in [-0.2, 0) is 19.7 Å². The summed E-state index contributed by atoms with van der Waals surface area (Å²) in [5.74, 6) is -0.197. The first-order valence-electron chi connectivity index (χ1n) is 11.2. The van der Waals surface area contributed by atoms with E-state index in [1.165, 1.54) is 12.1 Å². The minimum atomic E-state index is -0.229. The van der Waals surface area contributed by atoms with E-state index < -0.39 is 0 Å². The maximum Gasteiger partial charge on any atom is 0.234 e. The molecule has 7 nitrogen and oxygen atoms in total. The second-order valence-electron chi connectivity index (χ2n) is 8.67. The third-order valence-electron chi connectivity index (χ3n) is 6.47. The second kappa shape index (κ2) is 11.5. The van der Waals surface area contributed by atoms with Crippen LogP contribution in [0.5, 0.6) is 0 Å². The van der Waals surface area contributed by atoms with Crippen LogP contribution < -0.4 is 10.6 Å². The molecule has 1 aliphatic heterocycles. The Hall–Kier alpha value is -2.03. The van der Waals surface area contributed by atoms with Crippen molar-refractivity contribution >= 4 is 11.8 Å². The van der Waals surface area contributed by atoms with Crippen molar-refractivity contribution in [1.29, 1.82) is 0 Å². The summed E-state index contributed by atoms with van der Waals surface area (Å²) in [4.78, 5) is 28.8. The lowest BCUT2D eigenvalue weighted by Gasteiger charge is -2.34. The average Bonchev–Trinajstić information content (AvgIpc) is 3.25. The molecule has 2 amide bonds. The van der Waals surface area contributed by atoms with Gasteiger partial charge < -0.3 is 15.4 Å². The number of amides is 2. The molecule has 0 spiro atoms. The number of carbonyl (C=O) groups is 2. The quantitative estimate of drug-likeness (QED) is 0.540. The number of hydrogen-bond donors (Lipinski definition) is 2. The molecule has 2 N–H and O–H groups in total. The third-order valence-corrected chi connectivity index (χ3v) is 6.47. The lowest BCUT2D eigenvalue weighted by atomic mass is 9.79. The molecular weight excluding hydrogens is 399 g/mol. The molecule has 1 saturated carbocycles. The number of hydrogen-bond acceptors (Lipinski definition) is 5. The fourth-order valence-electron chi connectivity index (χ4n) is 4.61. The molecule has 0 bridgehead atoms. The van der Waals surface area contributed by atoms with Crippen LogP contribution in [0.1, 0.15) is 31.2 Å². The molecule has 172 valence electrons. The Kier molecular flexibility index (Phi) is 8.80. The summed E-state index contributed by atoms with van der Waals surface area (Å²) in [6.45, 7) is 5.45. The van der Waals surface area contributed by atoms with Gasteiger partial charge in [0.05, 0.1) is 19.7 Å². The van der Waals surface area contributed by atoms with Crippen LogP contribution >= 0.6 is 0 Å². The van der Waals surface area contributed by atoms with E-state index in [-0.39, 0.29) is 23.0 Å². The molecule has 1 aromatic rings. The number of benzene rings is 1. The zero-order valence-corrected chi connectivity index (χ0v) is 18.5. The van der Waals surface area contributed by atoms with Crippen molar-refractivity contribution in [1.82, 2.24) is 20.4 Å². The van der Waals surface area contributed by atoms with E-state index in [0.29, 0.717) is 32.8 Å². The Morgan fingerprint density at radius 1 is 0.968 bits per heavy atom. The van der Waals surface area contributed by atoms with Gasteiger partial charge in [0, 0.05) is 51.8 Å². The Morgan fingerprint density at radius 3 is 2.06 bits per heavy atom. The van der Waals surface area contributed by atoms with Gasteiger partial charge in [-0.1, -0.05) is 25.0 Å². The van der Waals surface area contributed by atoms with Crippen LogP contribution in [-0.4, -0.2) is 87.7 Å². The number of carbonyl (C=O) groups excluding carboxylic acids is 2. The lowest BCUT2D eigenvalue weighted by Crippen LogP contribution is -2.52. The van der Waals surface area contributed by atoms with Gasteiger partial charge in [0.15, 0.2) is 0 Å². The monoisotopic (exact) mass is 434 g/mol. The van der Waals surface area contributed by atoms with Crippen LogP contribution in [0.25, 0.3) is 0 Å². The Balaban J connectivity index is 1.40. The predicted molar refractivity (Wildman–Crippen MR) is 117 cm³/mol. The van der Waals surface area contributed by atoms with Gasteiger partial charge in [-0.25, -0.2) is 4.39 Å². The molecule has 0 atom stereocenters. The minimum Gasteiger partial charge on any atom is -0.383 e. The van der Waals surface area contributed by atoms with E-state index in [0.717, 1.165) is 57.4 Å². The van der Waals surface area contributed by atoms with Gasteiger partial charge >= 0.3 is 0 Å². The summed E-state index contributed by atoms with van der Waals surface area (Å²) in [6, 6.07) is 6.73. The first kappa shape index (κ1) is 23.6. The highest BCUT2D eigenvalue weighted by Crippen LogP contribution is 2.40. The van der Waals surface area contributed by atoms with Crippen molar-refractivity contribution in [2.24, 2.45) is 0 Å². The summed E-state index contributed by atoms with van der Waals surface area (Å²) < 4.78 is 18.3. The molecule has 2 fully saturated rings. The van der Waals surface area contributed by atoms with Gasteiger partial charge in [-0.2, -0.15) is 0 Å². The zero-order valence-electron chi connectivity index (χ0n) is 18.5. The molecule has 0 radical (unpaired) electrons. The fraction of sp³-hybridized carbons (Fsp3) is 0.652. The average molecular weight is 435 g/mol. The normalized spacial score (nSPS) is 19.3. The first-order valence-corrected chi connectivity index (χ1v) is 11.2. The van der Waals surface area contributed by atoms with Gasteiger partial charge in [0.25, 0.3) is 0 Å². The molecule has 3 rings (SSSR count). The SMILES string of the molecule is COCCNC(=O)CN1CCN(CC(=O)NCC2(c3ccc(F)cc3)CCCC2)CC1. The van der Waals surface area contributed by atoms with Crippen molar-refractivity contribution in [3.63, 3.8) is 0 Å².